The normalized spacial score (nSPS) is 21.8. The van der Waals surface area contributed by atoms with Gasteiger partial charge in [0.15, 0.2) is 0 Å². The van der Waals surface area contributed by atoms with Gasteiger partial charge in [-0.15, -0.1) is 0 Å². The molecule has 2 saturated heterocycles. The number of aromatic nitrogens is 2. The third-order valence-electron chi connectivity index (χ3n) is 6.13. The standard InChI is InChI=1S/C21H25F3N4O2/c22-21(23,24)13-26-19(29)18-12-27(14-20(18)5-9-30-10-6-20)11-16-1-3-17(4-2-16)28-8-7-25-15-28/h1-4,7-8,15,18H,5-6,9-14H2,(H,26,29)/t18-/m0/s1. The minimum Gasteiger partial charge on any atom is -0.381 e. The molecule has 1 atom stereocenters. The Morgan fingerprint density at radius 2 is 1.97 bits per heavy atom. The van der Waals surface area contributed by atoms with Gasteiger partial charge in [-0.2, -0.15) is 13.2 Å². The molecule has 3 heterocycles. The fourth-order valence-electron chi connectivity index (χ4n) is 4.59. The van der Waals surface area contributed by atoms with Crippen molar-refractivity contribution in [1.82, 2.24) is 19.8 Å². The maximum absolute atomic E-state index is 12.7. The molecule has 4 rings (SSSR count). The summed E-state index contributed by atoms with van der Waals surface area (Å²) in [5.74, 6) is -0.971. The first-order chi connectivity index (χ1) is 14.3. The summed E-state index contributed by atoms with van der Waals surface area (Å²) in [5, 5.41) is 2.10. The second-order valence-corrected chi connectivity index (χ2v) is 8.17. The molecule has 1 amide bonds. The third kappa shape index (κ3) is 4.67. The van der Waals surface area contributed by atoms with Gasteiger partial charge in [0, 0.05) is 56.3 Å². The zero-order valence-electron chi connectivity index (χ0n) is 16.6. The lowest BCUT2D eigenvalue weighted by atomic mass is 9.72. The van der Waals surface area contributed by atoms with Crippen LogP contribution < -0.4 is 5.32 Å². The molecule has 1 aromatic heterocycles. The van der Waals surface area contributed by atoms with Gasteiger partial charge in [0.1, 0.15) is 6.54 Å². The molecular formula is C21H25F3N4O2. The van der Waals surface area contributed by atoms with Crippen molar-refractivity contribution in [2.24, 2.45) is 11.3 Å². The van der Waals surface area contributed by atoms with Gasteiger partial charge >= 0.3 is 6.18 Å². The number of hydrogen-bond donors (Lipinski definition) is 1. The number of halogens is 3. The summed E-state index contributed by atoms with van der Waals surface area (Å²) < 4.78 is 45.1. The molecule has 162 valence electrons. The molecule has 6 nitrogen and oxygen atoms in total. The molecule has 1 spiro atoms. The quantitative estimate of drug-likeness (QED) is 0.805. The van der Waals surface area contributed by atoms with Crippen molar-refractivity contribution in [3.63, 3.8) is 0 Å². The second kappa shape index (κ2) is 8.39. The molecular weight excluding hydrogens is 397 g/mol. The number of carbonyl (C=O) groups excluding carboxylic acids is 1. The average molecular weight is 422 g/mol. The van der Waals surface area contributed by atoms with Gasteiger partial charge in [-0.05, 0) is 30.5 Å². The summed E-state index contributed by atoms with van der Waals surface area (Å²) >= 11 is 0. The van der Waals surface area contributed by atoms with Crippen LogP contribution in [-0.2, 0) is 16.1 Å². The van der Waals surface area contributed by atoms with Crippen LogP contribution >= 0.6 is 0 Å². The van der Waals surface area contributed by atoms with Crippen LogP contribution in [0.2, 0.25) is 0 Å². The van der Waals surface area contributed by atoms with E-state index in [2.05, 4.69) is 15.2 Å². The van der Waals surface area contributed by atoms with E-state index in [9.17, 15) is 18.0 Å². The van der Waals surface area contributed by atoms with E-state index in [0.29, 0.717) is 45.7 Å². The fourth-order valence-corrected chi connectivity index (χ4v) is 4.59. The summed E-state index contributed by atoms with van der Waals surface area (Å²) in [6, 6.07) is 8.07. The molecule has 0 aliphatic carbocycles. The third-order valence-corrected chi connectivity index (χ3v) is 6.13. The van der Waals surface area contributed by atoms with Crippen molar-refractivity contribution in [2.45, 2.75) is 25.6 Å². The monoisotopic (exact) mass is 422 g/mol. The van der Waals surface area contributed by atoms with Gasteiger partial charge < -0.3 is 14.6 Å². The van der Waals surface area contributed by atoms with E-state index in [-0.39, 0.29) is 5.41 Å². The minimum absolute atomic E-state index is 0.329. The van der Waals surface area contributed by atoms with Crippen LogP contribution in [0.1, 0.15) is 18.4 Å². The Morgan fingerprint density at radius 3 is 2.60 bits per heavy atom. The number of benzene rings is 1. The molecule has 1 N–H and O–H groups in total. The van der Waals surface area contributed by atoms with Gasteiger partial charge in [-0.1, -0.05) is 12.1 Å². The largest absolute Gasteiger partial charge is 0.405 e. The molecule has 0 bridgehead atoms. The second-order valence-electron chi connectivity index (χ2n) is 8.17. The number of hydrogen-bond acceptors (Lipinski definition) is 4. The highest BCUT2D eigenvalue weighted by Crippen LogP contribution is 2.44. The summed E-state index contributed by atoms with van der Waals surface area (Å²) in [7, 11) is 0. The molecule has 9 heteroatoms. The Morgan fingerprint density at radius 1 is 1.23 bits per heavy atom. The first-order valence-corrected chi connectivity index (χ1v) is 10.1. The predicted octanol–water partition coefficient (Wildman–Crippen LogP) is 2.78. The zero-order valence-corrected chi connectivity index (χ0v) is 16.6. The van der Waals surface area contributed by atoms with Crippen LogP contribution in [0.25, 0.3) is 5.69 Å². The van der Waals surface area contributed by atoms with Crippen molar-refractivity contribution >= 4 is 5.91 Å². The van der Waals surface area contributed by atoms with Gasteiger partial charge in [-0.3, -0.25) is 9.69 Å². The Hall–Kier alpha value is -2.39. The lowest BCUT2D eigenvalue weighted by molar-refractivity contribution is -0.143. The van der Waals surface area contributed by atoms with Gasteiger partial charge in [-0.25, -0.2) is 4.98 Å². The van der Waals surface area contributed by atoms with Crippen molar-refractivity contribution in [3.05, 3.63) is 48.5 Å². The van der Waals surface area contributed by atoms with Crippen LogP contribution in [0.15, 0.2) is 43.0 Å². The van der Waals surface area contributed by atoms with Crippen molar-refractivity contribution < 1.29 is 22.7 Å². The number of nitrogens with zero attached hydrogens (tertiary/aromatic N) is 3. The van der Waals surface area contributed by atoms with Crippen molar-refractivity contribution in [2.75, 3.05) is 32.8 Å². The number of nitrogens with one attached hydrogen (secondary N) is 1. The lowest BCUT2D eigenvalue weighted by Crippen LogP contribution is -2.46. The summed E-state index contributed by atoms with van der Waals surface area (Å²) in [6.07, 6.45) is 2.28. The van der Waals surface area contributed by atoms with E-state index >= 15 is 0 Å². The van der Waals surface area contributed by atoms with E-state index in [1.165, 1.54) is 0 Å². The molecule has 0 unspecified atom stereocenters. The first-order valence-electron chi connectivity index (χ1n) is 10.1. The van der Waals surface area contributed by atoms with Crippen LogP contribution in [-0.4, -0.2) is 59.4 Å². The van der Waals surface area contributed by atoms with Crippen LogP contribution in [0, 0.1) is 11.3 Å². The Labute approximate surface area is 173 Å². The predicted molar refractivity (Wildman–Crippen MR) is 104 cm³/mol. The average Bonchev–Trinajstić information content (AvgIpc) is 3.36. The molecule has 2 aromatic rings. The molecule has 2 fully saturated rings. The van der Waals surface area contributed by atoms with Crippen molar-refractivity contribution in [1.29, 1.82) is 0 Å². The lowest BCUT2D eigenvalue weighted by Gasteiger charge is -2.37. The van der Waals surface area contributed by atoms with Crippen molar-refractivity contribution in [3.8, 4) is 5.69 Å². The fraction of sp³-hybridized carbons (Fsp3) is 0.524. The summed E-state index contributed by atoms with van der Waals surface area (Å²) in [4.78, 5) is 18.9. The number of rotatable bonds is 5. The van der Waals surface area contributed by atoms with Crippen LogP contribution in [0.5, 0.6) is 0 Å². The molecule has 2 aliphatic heterocycles. The van der Waals surface area contributed by atoms with E-state index in [4.69, 9.17) is 4.74 Å². The van der Waals surface area contributed by atoms with Crippen LogP contribution in [0.3, 0.4) is 0 Å². The summed E-state index contributed by atoms with van der Waals surface area (Å²) in [6.45, 7) is 1.57. The van der Waals surface area contributed by atoms with Gasteiger partial charge in [0.2, 0.25) is 5.91 Å². The number of carbonyl (C=O) groups is 1. The minimum atomic E-state index is -4.41. The van der Waals surface area contributed by atoms with E-state index in [1.54, 1.807) is 12.5 Å². The zero-order chi connectivity index (χ0) is 21.2. The van der Waals surface area contributed by atoms with E-state index < -0.39 is 24.5 Å². The number of amides is 1. The Balaban J connectivity index is 1.45. The van der Waals surface area contributed by atoms with E-state index in [0.717, 1.165) is 11.3 Å². The Kier molecular flexibility index (Phi) is 5.84. The van der Waals surface area contributed by atoms with Crippen LogP contribution in [0.4, 0.5) is 13.2 Å². The molecule has 2 aliphatic rings. The van der Waals surface area contributed by atoms with E-state index in [1.807, 2.05) is 35.0 Å². The van der Waals surface area contributed by atoms with Gasteiger partial charge in [0.25, 0.3) is 0 Å². The number of likely N-dealkylation sites (tertiary alicyclic amines) is 1. The highest BCUT2D eigenvalue weighted by molar-refractivity contribution is 5.80. The first kappa shape index (κ1) is 20.9. The molecule has 30 heavy (non-hydrogen) atoms. The molecule has 1 aromatic carbocycles. The number of ether oxygens (including phenoxy) is 1. The smallest absolute Gasteiger partial charge is 0.381 e. The maximum atomic E-state index is 12.7. The molecule has 0 radical (unpaired) electrons. The summed E-state index contributed by atoms with van der Waals surface area (Å²) in [5.41, 5.74) is 1.77. The van der Waals surface area contributed by atoms with Gasteiger partial charge in [0.05, 0.1) is 12.2 Å². The highest BCUT2D eigenvalue weighted by Gasteiger charge is 2.50. The topological polar surface area (TPSA) is 59.4 Å². The highest BCUT2D eigenvalue weighted by atomic mass is 19.4. The Bertz CT molecular complexity index is 846. The number of alkyl halides is 3. The number of imidazole rings is 1. The SMILES string of the molecule is O=C(NCC(F)(F)F)[C@@H]1CN(Cc2ccc(-n3ccnc3)cc2)CC12CCOCC2. The molecule has 0 saturated carbocycles. The maximum Gasteiger partial charge on any atom is 0.405 e.